The summed E-state index contributed by atoms with van der Waals surface area (Å²) in [5.74, 6) is 0.313. The van der Waals surface area contributed by atoms with Crippen molar-refractivity contribution in [2.24, 2.45) is 0 Å². The first-order valence-corrected chi connectivity index (χ1v) is 6.11. The summed E-state index contributed by atoms with van der Waals surface area (Å²) in [4.78, 5) is 8.56. The SMILES string of the molecule is CC(C)(c1ccccc1)c1ccc(O)cc1.O=C(O)O. The monoisotopic (exact) mass is 274 g/mol. The minimum atomic E-state index is -1.83. The summed E-state index contributed by atoms with van der Waals surface area (Å²) >= 11 is 0. The molecule has 0 heterocycles. The molecular weight excluding hydrogens is 256 g/mol. The molecule has 3 N–H and O–H groups in total. The van der Waals surface area contributed by atoms with Gasteiger partial charge in [0.25, 0.3) is 0 Å². The molecule has 0 atom stereocenters. The molecule has 2 aromatic carbocycles. The summed E-state index contributed by atoms with van der Waals surface area (Å²) in [6.45, 7) is 4.38. The van der Waals surface area contributed by atoms with Gasteiger partial charge in [0, 0.05) is 5.41 Å². The van der Waals surface area contributed by atoms with E-state index in [1.807, 2.05) is 18.2 Å². The van der Waals surface area contributed by atoms with Crippen LogP contribution in [0.25, 0.3) is 0 Å². The minimum Gasteiger partial charge on any atom is -0.508 e. The Bertz CT molecular complexity index is 540. The van der Waals surface area contributed by atoms with Crippen molar-refractivity contribution in [1.29, 1.82) is 0 Å². The summed E-state index contributed by atoms with van der Waals surface area (Å²) in [6.07, 6.45) is -1.83. The zero-order chi connectivity index (χ0) is 15.2. The van der Waals surface area contributed by atoms with Crippen LogP contribution in [0.1, 0.15) is 25.0 Å². The molecule has 0 amide bonds. The number of carbonyl (C=O) groups is 1. The van der Waals surface area contributed by atoms with Gasteiger partial charge in [-0.05, 0) is 23.3 Å². The van der Waals surface area contributed by atoms with E-state index in [0.717, 1.165) is 0 Å². The van der Waals surface area contributed by atoms with Gasteiger partial charge in [0.2, 0.25) is 0 Å². The molecule has 2 aromatic rings. The van der Waals surface area contributed by atoms with Gasteiger partial charge < -0.3 is 15.3 Å². The van der Waals surface area contributed by atoms with E-state index in [1.165, 1.54) is 11.1 Å². The molecule has 0 aromatic heterocycles. The highest BCUT2D eigenvalue weighted by Crippen LogP contribution is 2.31. The molecule has 20 heavy (non-hydrogen) atoms. The molecular formula is C16H18O4. The lowest BCUT2D eigenvalue weighted by Gasteiger charge is -2.26. The van der Waals surface area contributed by atoms with Crippen LogP contribution in [0.3, 0.4) is 0 Å². The zero-order valence-corrected chi connectivity index (χ0v) is 11.4. The highest BCUT2D eigenvalue weighted by Gasteiger charge is 2.22. The third kappa shape index (κ3) is 4.31. The van der Waals surface area contributed by atoms with Crippen LogP contribution in [-0.4, -0.2) is 21.5 Å². The number of benzene rings is 2. The van der Waals surface area contributed by atoms with Crippen molar-refractivity contribution in [3.8, 4) is 5.75 Å². The molecule has 0 aliphatic heterocycles. The van der Waals surface area contributed by atoms with E-state index >= 15 is 0 Å². The van der Waals surface area contributed by atoms with Gasteiger partial charge in [0.05, 0.1) is 0 Å². The lowest BCUT2D eigenvalue weighted by molar-refractivity contribution is 0.137. The Morgan fingerprint density at radius 3 is 1.70 bits per heavy atom. The highest BCUT2D eigenvalue weighted by molar-refractivity contribution is 5.53. The first-order valence-electron chi connectivity index (χ1n) is 6.11. The number of hydrogen-bond acceptors (Lipinski definition) is 2. The summed E-state index contributed by atoms with van der Waals surface area (Å²) in [6, 6.07) is 17.8. The second kappa shape index (κ2) is 6.61. The normalized spacial score (nSPS) is 10.3. The molecule has 0 aliphatic carbocycles. The van der Waals surface area contributed by atoms with E-state index in [4.69, 9.17) is 15.0 Å². The smallest absolute Gasteiger partial charge is 0.503 e. The number of phenolic OH excluding ortho intramolecular Hbond substituents is 1. The van der Waals surface area contributed by atoms with E-state index < -0.39 is 6.16 Å². The summed E-state index contributed by atoms with van der Waals surface area (Å²) in [5, 5.41) is 23.2. The molecule has 0 unspecified atom stereocenters. The predicted molar refractivity (Wildman–Crippen MR) is 77.3 cm³/mol. The lowest BCUT2D eigenvalue weighted by atomic mass is 9.78. The van der Waals surface area contributed by atoms with E-state index in [2.05, 4.69) is 38.1 Å². The van der Waals surface area contributed by atoms with Crippen molar-refractivity contribution in [2.75, 3.05) is 0 Å². The Kier molecular flexibility index (Phi) is 5.15. The van der Waals surface area contributed by atoms with Crippen molar-refractivity contribution >= 4 is 6.16 Å². The molecule has 106 valence electrons. The topological polar surface area (TPSA) is 77.8 Å². The quantitative estimate of drug-likeness (QED) is 0.775. The number of hydrogen-bond donors (Lipinski definition) is 3. The molecule has 4 heteroatoms. The Morgan fingerprint density at radius 2 is 1.25 bits per heavy atom. The number of aromatic hydroxyl groups is 1. The Balaban J connectivity index is 0.000000444. The number of carboxylic acid groups (broad SMARTS) is 2. The second-order valence-corrected chi connectivity index (χ2v) is 4.82. The lowest BCUT2D eigenvalue weighted by Crippen LogP contribution is -2.18. The van der Waals surface area contributed by atoms with Crippen LogP contribution in [0.15, 0.2) is 54.6 Å². The maximum Gasteiger partial charge on any atom is 0.503 e. The average Bonchev–Trinajstić information content (AvgIpc) is 2.39. The standard InChI is InChI=1S/C15H16O.CH2O3/c1-15(2,12-6-4-3-5-7-12)13-8-10-14(16)11-9-13;2-1(3)4/h3-11,16H,1-2H3;(H2,2,3,4). The minimum absolute atomic E-state index is 0.0328. The fourth-order valence-corrected chi connectivity index (χ4v) is 1.90. The largest absolute Gasteiger partial charge is 0.508 e. The van der Waals surface area contributed by atoms with Gasteiger partial charge in [-0.15, -0.1) is 0 Å². The van der Waals surface area contributed by atoms with Crippen LogP contribution in [0.2, 0.25) is 0 Å². The summed E-state index contributed by atoms with van der Waals surface area (Å²) in [5.41, 5.74) is 2.45. The molecule has 0 spiro atoms. The first kappa shape index (κ1) is 15.6. The van der Waals surface area contributed by atoms with Gasteiger partial charge in [0.1, 0.15) is 5.75 Å². The van der Waals surface area contributed by atoms with Crippen LogP contribution in [0.5, 0.6) is 5.75 Å². The fraction of sp³-hybridized carbons (Fsp3) is 0.188. The van der Waals surface area contributed by atoms with Crippen LogP contribution in [-0.2, 0) is 5.41 Å². The molecule has 4 nitrogen and oxygen atoms in total. The molecule has 0 bridgehead atoms. The van der Waals surface area contributed by atoms with Crippen molar-refractivity contribution in [3.63, 3.8) is 0 Å². The fourth-order valence-electron chi connectivity index (χ4n) is 1.90. The Morgan fingerprint density at radius 1 is 0.850 bits per heavy atom. The molecule has 0 saturated carbocycles. The van der Waals surface area contributed by atoms with Crippen molar-refractivity contribution in [2.45, 2.75) is 19.3 Å². The molecule has 0 radical (unpaired) electrons. The van der Waals surface area contributed by atoms with Gasteiger partial charge in [-0.25, -0.2) is 4.79 Å². The van der Waals surface area contributed by atoms with E-state index in [9.17, 15) is 5.11 Å². The summed E-state index contributed by atoms with van der Waals surface area (Å²) in [7, 11) is 0. The predicted octanol–water partition coefficient (Wildman–Crippen LogP) is 3.94. The second-order valence-electron chi connectivity index (χ2n) is 4.82. The molecule has 0 aliphatic rings. The maximum atomic E-state index is 9.29. The maximum absolute atomic E-state index is 9.29. The van der Waals surface area contributed by atoms with Gasteiger partial charge in [0.15, 0.2) is 0 Å². The van der Waals surface area contributed by atoms with Crippen LogP contribution < -0.4 is 0 Å². The Hall–Kier alpha value is -2.49. The number of rotatable bonds is 2. The first-order chi connectivity index (χ1) is 9.34. The van der Waals surface area contributed by atoms with Crippen LogP contribution in [0, 0.1) is 0 Å². The van der Waals surface area contributed by atoms with Crippen molar-refractivity contribution in [3.05, 3.63) is 65.7 Å². The third-order valence-corrected chi connectivity index (χ3v) is 3.08. The molecule has 0 saturated heterocycles. The van der Waals surface area contributed by atoms with Crippen molar-refractivity contribution in [1.82, 2.24) is 0 Å². The number of phenols is 1. The van der Waals surface area contributed by atoms with Gasteiger partial charge in [-0.2, -0.15) is 0 Å². The zero-order valence-electron chi connectivity index (χ0n) is 11.4. The van der Waals surface area contributed by atoms with Gasteiger partial charge in [-0.1, -0.05) is 56.3 Å². The van der Waals surface area contributed by atoms with Crippen LogP contribution in [0.4, 0.5) is 4.79 Å². The van der Waals surface area contributed by atoms with E-state index in [1.54, 1.807) is 12.1 Å². The van der Waals surface area contributed by atoms with E-state index in [-0.39, 0.29) is 5.41 Å². The van der Waals surface area contributed by atoms with E-state index in [0.29, 0.717) is 5.75 Å². The highest BCUT2D eigenvalue weighted by atomic mass is 16.6. The summed E-state index contributed by atoms with van der Waals surface area (Å²) < 4.78 is 0. The van der Waals surface area contributed by atoms with Crippen molar-refractivity contribution < 1.29 is 20.1 Å². The van der Waals surface area contributed by atoms with Crippen LogP contribution >= 0.6 is 0 Å². The van der Waals surface area contributed by atoms with Gasteiger partial charge >= 0.3 is 6.16 Å². The van der Waals surface area contributed by atoms with Gasteiger partial charge in [-0.3, -0.25) is 0 Å². The third-order valence-electron chi connectivity index (χ3n) is 3.08. The Labute approximate surface area is 117 Å². The average molecular weight is 274 g/mol. The molecule has 0 fully saturated rings. The molecule has 2 rings (SSSR count).